The van der Waals surface area contributed by atoms with Gasteiger partial charge in [-0.2, -0.15) is 0 Å². The molecule has 0 saturated heterocycles. The number of methoxy groups -OCH3 is 3. The van der Waals surface area contributed by atoms with Gasteiger partial charge in [0, 0.05) is 50.8 Å². The number of nitrogens with zero attached hydrogens (tertiary/aromatic N) is 1. The Morgan fingerprint density at radius 3 is 2.50 bits per heavy atom. The highest BCUT2D eigenvalue weighted by molar-refractivity contribution is 6.04. The van der Waals surface area contributed by atoms with Crippen LogP contribution in [0.4, 0.5) is 21.9 Å². The highest BCUT2D eigenvalue weighted by atomic mass is 16.5. The van der Waals surface area contributed by atoms with Crippen LogP contribution in [-0.2, 0) is 17.7 Å². The minimum atomic E-state index is -0.459. The van der Waals surface area contributed by atoms with Crippen molar-refractivity contribution in [1.29, 1.82) is 0 Å². The van der Waals surface area contributed by atoms with Crippen LogP contribution in [0.2, 0.25) is 0 Å². The van der Waals surface area contributed by atoms with Crippen molar-refractivity contribution in [2.45, 2.75) is 19.4 Å². The smallest absolute Gasteiger partial charge is 0.323 e. The summed E-state index contributed by atoms with van der Waals surface area (Å²) in [5.74, 6) is 0.886. The summed E-state index contributed by atoms with van der Waals surface area (Å²) >= 11 is 0. The molecule has 0 aromatic heterocycles. The molecule has 0 bridgehead atoms. The third-order valence-electron chi connectivity index (χ3n) is 6.44. The first-order chi connectivity index (χ1) is 18.5. The highest BCUT2D eigenvalue weighted by Gasteiger charge is 2.22. The summed E-state index contributed by atoms with van der Waals surface area (Å²) in [6.07, 6.45) is 1.61. The Labute approximate surface area is 223 Å². The lowest BCUT2D eigenvalue weighted by Crippen LogP contribution is -2.33. The van der Waals surface area contributed by atoms with Gasteiger partial charge in [-0.15, -0.1) is 0 Å². The zero-order valence-corrected chi connectivity index (χ0v) is 22.0. The fourth-order valence-electron chi connectivity index (χ4n) is 4.47. The Bertz CT molecular complexity index is 1280. The van der Waals surface area contributed by atoms with Crippen molar-refractivity contribution < 1.29 is 23.8 Å². The van der Waals surface area contributed by atoms with Crippen molar-refractivity contribution in [3.8, 4) is 11.5 Å². The number of hydrogen-bond acceptors (Lipinski definition) is 6. The van der Waals surface area contributed by atoms with E-state index >= 15 is 0 Å². The quantitative estimate of drug-likeness (QED) is 0.337. The van der Waals surface area contributed by atoms with E-state index in [2.05, 4.69) is 39.0 Å². The first-order valence-corrected chi connectivity index (χ1v) is 12.6. The van der Waals surface area contributed by atoms with Crippen molar-refractivity contribution in [2.24, 2.45) is 0 Å². The average Bonchev–Trinajstić information content (AvgIpc) is 2.95. The van der Waals surface area contributed by atoms with E-state index in [0.29, 0.717) is 54.6 Å². The lowest BCUT2D eigenvalue weighted by Gasteiger charge is -2.32. The van der Waals surface area contributed by atoms with Crippen molar-refractivity contribution in [2.75, 3.05) is 56.6 Å². The molecule has 9 nitrogen and oxygen atoms in total. The van der Waals surface area contributed by atoms with Gasteiger partial charge in [0.05, 0.1) is 25.5 Å². The normalized spacial score (nSPS) is 12.3. The van der Waals surface area contributed by atoms with Crippen molar-refractivity contribution in [3.05, 3.63) is 77.4 Å². The molecule has 0 saturated carbocycles. The molecule has 0 fully saturated rings. The molecule has 0 atom stereocenters. The van der Waals surface area contributed by atoms with E-state index < -0.39 is 6.03 Å². The topological polar surface area (TPSA) is 101 Å². The number of carbonyl (C=O) groups excluding carboxylic acids is 2. The maximum Gasteiger partial charge on any atom is 0.323 e. The van der Waals surface area contributed by atoms with Crippen LogP contribution in [0.25, 0.3) is 0 Å². The standard InChI is InChI=1S/C29H34N4O5/c1-36-16-6-14-30-28(34)24-17-22(31-29(35)32-25-11-10-23(37-2)18-27(25)38-3)9-12-26(24)33-15-13-20-7-4-5-8-21(20)19-33/h4-5,7-12,17-18H,6,13-16,19H2,1-3H3,(H,30,34)(H2,31,32,35). The molecule has 1 heterocycles. The summed E-state index contributed by atoms with van der Waals surface area (Å²) in [5.41, 5.74) is 4.90. The SMILES string of the molecule is COCCCNC(=O)c1cc(NC(=O)Nc2ccc(OC)cc2OC)ccc1N1CCc2ccccc2C1. The van der Waals surface area contributed by atoms with Crippen LogP contribution < -0.4 is 30.3 Å². The zero-order chi connectivity index (χ0) is 26.9. The predicted molar refractivity (Wildman–Crippen MR) is 149 cm³/mol. The Morgan fingerprint density at radius 1 is 0.921 bits per heavy atom. The molecule has 0 aliphatic carbocycles. The van der Waals surface area contributed by atoms with Crippen LogP contribution in [0.5, 0.6) is 11.5 Å². The first kappa shape index (κ1) is 26.8. The van der Waals surface area contributed by atoms with E-state index in [1.165, 1.54) is 18.2 Å². The van der Waals surface area contributed by atoms with Crippen LogP contribution in [0.15, 0.2) is 60.7 Å². The van der Waals surface area contributed by atoms with E-state index in [0.717, 1.165) is 18.7 Å². The van der Waals surface area contributed by atoms with Crippen molar-refractivity contribution in [3.63, 3.8) is 0 Å². The van der Waals surface area contributed by atoms with Crippen molar-refractivity contribution in [1.82, 2.24) is 5.32 Å². The van der Waals surface area contributed by atoms with Crippen LogP contribution in [0.1, 0.15) is 27.9 Å². The highest BCUT2D eigenvalue weighted by Crippen LogP contribution is 2.31. The van der Waals surface area contributed by atoms with E-state index in [-0.39, 0.29) is 5.91 Å². The summed E-state index contributed by atoms with van der Waals surface area (Å²) in [5, 5.41) is 8.60. The van der Waals surface area contributed by atoms with E-state index in [9.17, 15) is 9.59 Å². The number of anilines is 3. The molecule has 38 heavy (non-hydrogen) atoms. The second-order valence-electron chi connectivity index (χ2n) is 8.92. The molecule has 0 radical (unpaired) electrons. The summed E-state index contributed by atoms with van der Waals surface area (Å²) in [4.78, 5) is 28.3. The van der Waals surface area contributed by atoms with Gasteiger partial charge in [0.25, 0.3) is 5.91 Å². The monoisotopic (exact) mass is 518 g/mol. The average molecular weight is 519 g/mol. The van der Waals surface area contributed by atoms with Gasteiger partial charge in [0.15, 0.2) is 0 Å². The number of benzene rings is 3. The van der Waals surface area contributed by atoms with Gasteiger partial charge in [-0.1, -0.05) is 24.3 Å². The molecule has 1 aliphatic heterocycles. The van der Waals surface area contributed by atoms with E-state index in [1.807, 2.05) is 18.2 Å². The second kappa shape index (κ2) is 12.8. The Morgan fingerprint density at radius 2 is 1.74 bits per heavy atom. The fourth-order valence-corrected chi connectivity index (χ4v) is 4.47. The van der Waals surface area contributed by atoms with Gasteiger partial charge >= 0.3 is 6.03 Å². The molecule has 4 rings (SSSR count). The molecule has 3 aromatic carbocycles. The molecule has 200 valence electrons. The molecular weight excluding hydrogens is 484 g/mol. The van der Waals surface area contributed by atoms with Crippen LogP contribution >= 0.6 is 0 Å². The van der Waals surface area contributed by atoms with Gasteiger partial charge in [0.1, 0.15) is 11.5 Å². The molecule has 3 amide bonds. The van der Waals surface area contributed by atoms with Gasteiger partial charge in [-0.3, -0.25) is 4.79 Å². The predicted octanol–water partition coefficient (Wildman–Crippen LogP) is 4.68. The molecule has 3 N–H and O–H groups in total. The number of amides is 3. The zero-order valence-electron chi connectivity index (χ0n) is 22.0. The third-order valence-corrected chi connectivity index (χ3v) is 6.44. The number of urea groups is 1. The lowest BCUT2D eigenvalue weighted by atomic mass is 9.98. The second-order valence-corrected chi connectivity index (χ2v) is 8.92. The third kappa shape index (κ3) is 6.54. The molecule has 1 aliphatic rings. The van der Waals surface area contributed by atoms with Crippen LogP contribution in [-0.4, -0.2) is 53.0 Å². The number of ether oxygens (including phenoxy) is 3. The number of carbonyl (C=O) groups is 2. The van der Waals surface area contributed by atoms with E-state index in [1.54, 1.807) is 38.5 Å². The number of nitrogens with one attached hydrogen (secondary N) is 3. The van der Waals surface area contributed by atoms with Gasteiger partial charge in [-0.25, -0.2) is 4.79 Å². The summed E-state index contributed by atoms with van der Waals surface area (Å²) < 4.78 is 15.7. The summed E-state index contributed by atoms with van der Waals surface area (Å²) in [7, 11) is 4.72. The number of hydrogen-bond donors (Lipinski definition) is 3. The molecule has 0 spiro atoms. The molecular formula is C29H34N4O5. The van der Waals surface area contributed by atoms with Gasteiger partial charge in [0.2, 0.25) is 0 Å². The summed E-state index contributed by atoms with van der Waals surface area (Å²) in [6, 6.07) is 18.4. The molecule has 0 unspecified atom stereocenters. The van der Waals surface area contributed by atoms with Crippen molar-refractivity contribution >= 4 is 29.0 Å². The fraction of sp³-hybridized carbons (Fsp3) is 0.310. The Kier molecular flexibility index (Phi) is 9.05. The summed E-state index contributed by atoms with van der Waals surface area (Å²) in [6.45, 7) is 2.56. The largest absolute Gasteiger partial charge is 0.497 e. The molecule has 3 aromatic rings. The first-order valence-electron chi connectivity index (χ1n) is 12.6. The number of rotatable bonds is 10. The maximum absolute atomic E-state index is 13.3. The Balaban J connectivity index is 1.54. The molecule has 9 heteroatoms. The minimum absolute atomic E-state index is 0.198. The minimum Gasteiger partial charge on any atom is -0.497 e. The van der Waals surface area contributed by atoms with E-state index in [4.69, 9.17) is 14.2 Å². The Hall–Kier alpha value is -4.24. The van der Waals surface area contributed by atoms with Crippen LogP contribution in [0.3, 0.4) is 0 Å². The van der Waals surface area contributed by atoms with Gasteiger partial charge in [-0.05, 0) is 54.3 Å². The van der Waals surface area contributed by atoms with Crippen LogP contribution in [0, 0.1) is 0 Å². The van der Waals surface area contributed by atoms with Gasteiger partial charge < -0.3 is 35.1 Å². The maximum atomic E-state index is 13.3. The lowest BCUT2D eigenvalue weighted by molar-refractivity contribution is 0.0949. The number of fused-ring (bicyclic) bond motifs is 1.